The standard InChI is InChI=1S/C9H13N3O2S/c1-7(9-6-10-4-5-11-9)15(13,14)12-8-2-3-8/h4-8,12H,2-3H2,1H3. The minimum Gasteiger partial charge on any atom is -0.261 e. The lowest BCUT2D eigenvalue weighted by Crippen LogP contribution is -2.30. The van der Waals surface area contributed by atoms with Crippen molar-refractivity contribution in [1.82, 2.24) is 14.7 Å². The Balaban J connectivity index is 2.15. The first kappa shape index (κ1) is 10.5. The summed E-state index contributed by atoms with van der Waals surface area (Å²) in [6.45, 7) is 1.62. The van der Waals surface area contributed by atoms with Gasteiger partial charge in [0, 0.05) is 24.6 Å². The highest BCUT2D eigenvalue weighted by Crippen LogP contribution is 2.24. The third-order valence-electron chi connectivity index (χ3n) is 2.37. The number of aromatic nitrogens is 2. The van der Waals surface area contributed by atoms with E-state index in [-0.39, 0.29) is 6.04 Å². The zero-order chi connectivity index (χ0) is 10.9. The molecule has 1 aromatic rings. The van der Waals surface area contributed by atoms with E-state index in [0.717, 1.165) is 12.8 Å². The summed E-state index contributed by atoms with van der Waals surface area (Å²) >= 11 is 0. The maximum atomic E-state index is 11.8. The van der Waals surface area contributed by atoms with Gasteiger partial charge in [-0.25, -0.2) is 13.1 Å². The van der Waals surface area contributed by atoms with Crippen molar-refractivity contribution in [2.45, 2.75) is 31.1 Å². The van der Waals surface area contributed by atoms with Gasteiger partial charge >= 0.3 is 0 Å². The predicted molar refractivity (Wildman–Crippen MR) is 55.5 cm³/mol. The molecule has 0 saturated heterocycles. The molecule has 1 saturated carbocycles. The molecule has 5 nitrogen and oxygen atoms in total. The van der Waals surface area contributed by atoms with Gasteiger partial charge in [0.1, 0.15) is 5.25 Å². The van der Waals surface area contributed by atoms with Gasteiger partial charge in [0.15, 0.2) is 0 Å². The molecule has 1 aromatic heterocycles. The maximum Gasteiger partial charge on any atom is 0.220 e. The predicted octanol–water partition coefficient (Wildman–Crippen LogP) is 0.619. The van der Waals surface area contributed by atoms with Gasteiger partial charge in [-0.15, -0.1) is 0 Å². The lowest BCUT2D eigenvalue weighted by Gasteiger charge is -2.12. The van der Waals surface area contributed by atoms with Gasteiger partial charge in [-0.3, -0.25) is 9.97 Å². The summed E-state index contributed by atoms with van der Waals surface area (Å²) in [5, 5.41) is -0.646. The third-order valence-corrected chi connectivity index (χ3v) is 4.21. The molecule has 1 aliphatic rings. The highest BCUT2D eigenvalue weighted by Gasteiger charge is 2.31. The second kappa shape index (κ2) is 3.86. The maximum absolute atomic E-state index is 11.8. The van der Waals surface area contributed by atoms with Crippen LogP contribution in [0.2, 0.25) is 0 Å². The van der Waals surface area contributed by atoms with Gasteiger partial charge in [0.2, 0.25) is 10.0 Å². The summed E-state index contributed by atoms with van der Waals surface area (Å²) in [5.74, 6) is 0. The third kappa shape index (κ3) is 2.51. The SMILES string of the molecule is CC(c1cnccn1)S(=O)(=O)NC1CC1. The van der Waals surface area contributed by atoms with Gasteiger partial charge in [-0.1, -0.05) is 0 Å². The van der Waals surface area contributed by atoms with Crippen LogP contribution in [-0.4, -0.2) is 24.4 Å². The molecule has 0 radical (unpaired) electrons. The van der Waals surface area contributed by atoms with Crippen LogP contribution >= 0.6 is 0 Å². The molecule has 15 heavy (non-hydrogen) atoms. The number of nitrogens with one attached hydrogen (secondary N) is 1. The van der Waals surface area contributed by atoms with Crippen molar-refractivity contribution < 1.29 is 8.42 Å². The van der Waals surface area contributed by atoms with E-state index in [9.17, 15) is 8.42 Å². The van der Waals surface area contributed by atoms with Gasteiger partial charge in [0.05, 0.1) is 5.69 Å². The number of rotatable bonds is 4. The van der Waals surface area contributed by atoms with Crippen LogP contribution in [-0.2, 0) is 10.0 Å². The summed E-state index contributed by atoms with van der Waals surface area (Å²) in [7, 11) is -3.30. The molecular formula is C9H13N3O2S. The number of nitrogens with zero attached hydrogens (tertiary/aromatic N) is 2. The summed E-state index contributed by atoms with van der Waals surface area (Å²) in [6, 6.07) is 0.133. The van der Waals surface area contributed by atoms with Crippen molar-refractivity contribution >= 4 is 10.0 Å². The second-order valence-electron chi connectivity index (χ2n) is 3.71. The minimum absolute atomic E-state index is 0.133. The van der Waals surface area contributed by atoms with Crippen molar-refractivity contribution in [2.24, 2.45) is 0 Å². The Labute approximate surface area is 89.0 Å². The van der Waals surface area contributed by atoms with Gasteiger partial charge in [0.25, 0.3) is 0 Å². The van der Waals surface area contributed by atoms with E-state index in [1.54, 1.807) is 6.92 Å². The largest absolute Gasteiger partial charge is 0.261 e. The highest BCUT2D eigenvalue weighted by molar-refractivity contribution is 7.89. The fourth-order valence-electron chi connectivity index (χ4n) is 1.22. The van der Waals surface area contributed by atoms with E-state index in [1.165, 1.54) is 18.6 Å². The van der Waals surface area contributed by atoms with E-state index >= 15 is 0 Å². The summed E-state index contributed by atoms with van der Waals surface area (Å²) in [6.07, 6.45) is 6.38. The average Bonchev–Trinajstić information content (AvgIpc) is 3.01. The van der Waals surface area contributed by atoms with Crippen LogP contribution in [0.25, 0.3) is 0 Å². The fourth-order valence-corrected chi connectivity index (χ4v) is 2.56. The lowest BCUT2D eigenvalue weighted by atomic mass is 10.3. The molecule has 1 N–H and O–H groups in total. The van der Waals surface area contributed by atoms with Crippen molar-refractivity contribution in [3.63, 3.8) is 0 Å². The molecule has 0 spiro atoms. The Morgan fingerprint density at radius 2 is 2.20 bits per heavy atom. The Bertz CT molecular complexity index is 428. The molecule has 82 valence electrons. The summed E-state index contributed by atoms with van der Waals surface area (Å²) in [4.78, 5) is 7.85. The van der Waals surface area contributed by atoms with Crippen molar-refractivity contribution in [3.05, 3.63) is 24.3 Å². The van der Waals surface area contributed by atoms with Crippen molar-refractivity contribution in [1.29, 1.82) is 0 Å². The Morgan fingerprint density at radius 3 is 2.73 bits per heavy atom. The topological polar surface area (TPSA) is 72.0 Å². The van der Waals surface area contributed by atoms with Crippen LogP contribution in [0.4, 0.5) is 0 Å². The molecule has 1 heterocycles. The lowest BCUT2D eigenvalue weighted by molar-refractivity contribution is 0.569. The Morgan fingerprint density at radius 1 is 1.47 bits per heavy atom. The van der Waals surface area contributed by atoms with Crippen LogP contribution < -0.4 is 4.72 Å². The Hall–Kier alpha value is -1.01. The number of hydrogen-bond acceptors (Lipinski definition) is 4. The molecule has 1 aliphatic carbocycles. The zero-order valence-corrected chi connectivity index (χ0v) is 9.24. The minimum atomic E-state index is -3.30. The summed E-state index contributed by atoms with van der Waals surface area (Å²) in [5.41, 5.74) is 0.477. The molecule has 6 heteroatoms. The monoisotopic (exact) mass is 227 g/mol. The van der Waals surface area contributed by atoms with Gasteiger partial charge in [-0.05, 0) is 19.8 Å². The first-order valence-corrected chi connectivity index (χ1v) is 6.41. The van der Waals surface area contributed by atoms with Gasteiger partial charge in [-0.2, -0.15) is 0 Å². The van der Waals surface area contributed by atoms with Crippen LogP contribution in [0.3, 0.4) is 0 Å². The number of sulfonamides is 1. The normalized spacial score (nSPS) is 18.7. The molecule has 2 rings (SSSR count). The van der Waals surface area contributed by atoms with Gasteiger partial charge < -0.3 is 0 Å². The van der Waals surface area contributed by atoms with Crippen LogP contribution in [0.15, 0.2) is 18.6 Å². The zero-order valence-electron chi connectivity index (χ0n) is 8.42. The molecule has 1 atom stereocenters. The molecule has 0 aromatic carbocycles. The molecule has 0 amide bonds. The molecule has 0 bridgehead atoms. The quantitative estimate of drug-likeness (QED) is 0.818. The molecule has 1 unspecified atom stereocenters. The first-order valence-electron chi connectivity index (χ1n) is 4.86. The van der Waals surface area contributed by atoms with Crippen LogP contribution in [0, 0.1) is 0 Å². The first-order chi connectivity index (χ1) is 7.09. The van der Waals surface area contributed by atoms with Crippen LogP contribution in [0.5, 0.6) is 0 Å². The molecule has 0 aliphatic heterocycles. The van der Waals surface area contributed by atoms with Crippen LogP contribution in [0.1, 0.15) is 30.7 Å². The molecular weight excluding hydrogens is 214 g/mol. The number of hydrogen-bond donors (Lipinski definition) is 1. The van der Waals surface area contributed by atoms with E-state index in [2.05, 4.69) is 14.7 Å². The van der Waals surface area contributed by atoms with E-state index in [4.69, 9.17) is 0 Å². The van der Waals surface area contributed by atoms with Crippen molar-refractivity contribution in [3.8, 4) is 0 Å². The highest BCUT2D eigenvalue weighted by atomic mass is 32.2. The van der Waals surface area contributed by atoms with E-state index in [1.807, 2.05) is 0 Å². The van der Waals surface area contributed by atoms with E-state index in [0.29, 0.717) is 5.69 Å². The second-order valence-corrected chi connectivity index (χ2v) is 5.74. The summed E-state index contributed by atoms with van der Waals surface area (Å²) < 4.78 is 26.2. The van der Waals surface area contributed by atoms with E-state index < -0.39 is 15.3 Å². The average molecular weight is 227 g/mol. The Kier molecular flexibility index (Phi) is 2.70. The molecule has 1 fully saturated rings. The van der Waals surface area contributed by atoms with Crippen molar-refractivity contribution in [2.75, 3.05) is 0 Å². The smallest absolute Gasteiger partial charge is 0.220 e. The fraction of sp³-hybridized carbons (Fsp3) is 0.556.